The van der Waals surface area contributed by atoms with Gasteiger partial charge in [-0.15, -0.1) is 0 Å². The maximum Gasteiger partial charge on any atom is 0.225 e. The van der Waals surface area contributed by atoms with Crippen LogP contribution in [-0.4, -0.2) is 72.8 Å². The van der Waals surface area contributed by atoms with Crippen molar-refractivity contribution < 1.29 is 9.59 Å². The van der Waals surface area contributed by atoms with Gasteiger partial charge in [-0.2, -0.15) is 0 Å². The average Bonchev–Trinajstić information content (AvgIpc) is 2.97. The minimum atomic E-state index is 0.106. The van der Waals surface area contributed by atoms with E-state index in [2.05, 4.69) is 4.90 Å². The number of piperidine rings is 1. The first-order valence-electron chi connectivity index (χ1n) is 7.81. The largest absolute Gasteiger partial charge is 0.344 e. The summed E-state index contributed by atoms with van der Waals surface area (Å²) in [6, 6.07) is 0. The van der Waals surface area contributed by atoms with Crippen molar-refractivity contribution in [1.29, 1.82) is 0 Å². The molecule has 2 rings (SSSR count). The van der Waals surface area contributed by atoms with Gasteiger partial charge >= 0.3 is 0 Å². The van der Waals surface area contributed by atoms with Crippen molar-refractivity contribution in [2.75, 3.05) is 46.3 Å². The molecule has 0 N–H and O–H groups in total. The second kappa shape index (κ2) is 7.07. The predicted octanol–water partition coefficient (Wildman–Crippen LogP) is 0.799. The number of hydrogen-bond donors (Lipinski definition) is 0. The van der Waals surface area contributed by atoms with E-state index in [1.165, 1.54) is 25.9 Å². The third-order valence-electron chi connectivity index (χ3n) is 4.62. The topological polar surface area (TPSA) is 43.9 Å². The van der Waals surface area contributed by atoms with Crippen molar-refractivity contribution >= 4 is 11.8 Å². The van der Waals surface area contributed by atoms with Gasteiger partial charge in [0.1, 0.15) is 0 Å². The van der Waals surface area contributed by atoms with Crippen LogP contribution in [0.25, 0.3) is 0 Å². The van der Waals surface area contributed by atoms with E-state index in [1.807, 2.05) is 16.8 Å². The quantitative estimate of drug-likeness (QED) is 0.765. The molecule has 5 heteroatoms. The van der Waals surface area contributed by atoms with Crippen molar-refractivity contribution in [1.82, 2.24) is 14.7 Å². The number of hydrogen-bond acceptors (Lipinski definition) is 3. The van der Waals surface area contributed by atoms with Crippen LogP contribution in [0, 0.1) is 5.92 Å². The molecule has 20 heavy (non-hydrogen) atoms. The first-order chi connectivity index (χ1) is 9.58. The lowest BCUT2D eigenvalue weighted by Gasteiger charge is -2.33. The lowest BCUT2D eigenvalue weighted by atomic mass is 9.95. The number of likely N-dealkylation sites (N-methyl/N-ethyl adjacent to an activating group) is 1. The van der Waals surface area contributed by atoms with Crippen LogP contribution in [0.15, 0.2) is 0 Å². The highest BCUT2D eigenvalue weighted by Gasteiger charge is 2.28. The molecule has 2 amide bonds. The summed E-state index contributed by atoms with van der Waals surface area (Å²) in [4.78, 5) is 29.8. The maximum absolute atomic E-state index is 12.4. The summed E-state index contributed by atoms with van der Waals surface area (Å²) in [7, 11) is 1.91. The van der Waals surface area contributed by atoms with Crippen LogP contribution >= 0.6 is 0 Å². The minimum Gasteiger partial charge on any atom is -0.344 e. The zero-order valence-corrected chi connectivity index (χ0v) is 12.8. The van der Waals surface area contributed by atoms with Crippen molar-refractivity contribution in [3.05, 3.63) is 0 Å². The summed E-state index contributed by atoms with van der Waals surface area (Å²) in [5.41, 5.74) is 0. The maximum atomic E-state index is 12.4. The molecule has 2 heterocycles. The number of likely N-dealkylation sites (tertiary alicyclic amines) is 2. The molecule has 114 valence electrons. The first-order valence-corrected chi connectivity index (χ1v) is 7.81. The lowest BCUT2D eigenvalue weighted by molar-refractivity contribution is -0.139. The Bertz CT molecular complexity index is 345. The zero-order valence-electron chi connectivity index (χ0n) is 12.8. The predicted molar refractivity (Wildman–Crippen MR) is 78.3 cm³/mol. The van der Waals surface area contributed by atoms with Gasteiger partial charge in [0.15, 0.2) is 0 Å². The Kier molecular flexibility index (Phi) is 5.40. The highest BCUT2D eigenvalue weighted by molar-refractivity contribution is 5.79. The Morgan fingerprint density at radius 1 is 1.10 bits per heavy atom. The smallest absolute Gasteiger partial charge is 0.225 e. The van der Waals surface area contributed by atoms with Crippen LogP contribution in [0.3, 0.4) is 0 Å². The van der Waals surface area contributed by atoms with E-state index in [-0.39, 0.29) is 17.7 Å². The molecular weight excluding hydrogens is 254 g/mol. The Morgan fingerprint density at radius 2 is 1.70 bits per heavy atom. The Hall–Kier alpha value is -1.10. The van der Waals surface area contributed by atoms with Crippen molar-refractivity contribution in [3.63, 3.8) is 0 Å². The molecule has 0 aliphatic carbocycles. The number of carbonyl (C=O) groups is 2. The Balaban J connectivity index is 1.71. The summed E-state index contributed by atoms with van der Waals surface area (Å²) in [5, 5.41) is 0. The molecule has 2 aliphatic heterocycles. The second-order valence-corrected chi connectivity index (χ2v) is 6.09. The molecule has 0 bridgehead atoms. The molecular formula is C15H27N3O2. The summed E-state index contributed by atoms with van der Waals surface area (Å²) >= 11 is 0. The van der Waals surface area contributed by atoms with Gasteiger partial charge in [0.05, 0.1) is 0 Å². The fourth-order valence-electron chi connectivity index (χ4n) is 3.16. The van der Waals surface area contributed by atoms with Crippen LogP contribution in [-0.2, 0) is 9.59 Å². The second-order valence-electron chi connectivity index (χ2n) is 6.09. The summed E-state index contributed by atoms with van der Waals surface area (Å²) in [6.07, 6.45) is 4.21. The van der Waals surface area contributed by atoms with E-state index in [0.717, 1.165) is 39.0 Å². The van der Waals surface area contributed by atoms with E-state index >= 15 is 0 Å². The fraction of sp³-hybridized carbons (Fsp3) is 0.867. The van der Waals surface area contributed by atoms with Gasteiger partial charge < -0.3 is 14.7 Å². The molecule has 0 radical (unpaired) electrons. The zero-order chi connectivity index (χ0) is 14.5. The van der Waals surface area contributed by atoms with Crippen molar-refractivity contribution in [3.8, 4) is 0 Å². The highest BCUT2D eigenvalue weighted by Crippen LogP contribution is 2.19. The summed E-state index contributed by atoms with van der Waals surface area (Å²) in [5.74, 6) is 0.486. The van der Waals surface area contributed by atoms with Crippen molar-refractivity contribution in [2.45, 2.75) is 32.6 Å². The molecule has 0 atom stereocenters. The molecule has 2 aliphatic rings. The van der Waals surface area contributed by atoms with Gasteiger partial charge in [0.25, 0.3) is 0 Å². The van der Waals surface area contributed by atoms with Crippen LogP contribution < -0.4 is 0 Å². The summed E-state index contributed by atoms with van der Waals surface area (Å²) < 4.78 is 0. The molecule has 0 aromatic carbocycles. The third kappa shape index (κ3) is 3.95. The molecule has 0 saturated carbocycles. The van der Waals surface area contributed by atoms with Crippen molar-refractivity contribution in [2.24, 2.45) is 5.92 Å². The first kappa shape index (κ1) is 15.3. The summed E-state index contributed by atoms with van der Waals surface area (Å²) in [6.45, 7) is 7.24. The van der Waals surface area contributed by atoms with Crippen LogP contribution in [0.2, 0.25) is 0 Å². The normalized spacial score (nSPS) is 21.2. The van der Waals surface area contributed by atoms with Gasteiger partial charge in [-0.3, -0.25) is 9.59 Å². The van der Waals surface area contributed by atoms with Gasteiger partial charge in [-0.25, -0.2) is 0 Å². The van der Waals surface area contributed by atoms with Gasteiger partial charge in [0, 0.05) is 46.1 Å². The standard InChI is InChI=1S/C15H27N3O2/c1-13(19)18-9-5-14(6-10-18)15(20)16(2)11-12-17-7-3-4-8-17/h14H,3-12H2,1-2H3. The monoisotopic (exact) mass is 281 g/mol. The van der Waals surface area contributed by atoms with Gasteiger partial charge in [-0.05, 0) is 38.8 Å². The minimum absolute atomic E-state index is 0.106. The van der Waals surface area contributed by atoms with Crippen LogP contribution in [0.4, 0.5) is 0 Å². The third-order valence-corrected chi connectivity index (χ3v) is 4.62. The molecule has 0 spiro atoms. The Morgan fingerprint density at radius 3 is 2.25 bits per heavy atom. The van der Waals surface area contributed by atoms with Crippen LogP contribution in [0.5, 0.6) is 0 Å². The molecule has 0 aromatic heterocycles. The van der Waals surface area contributed by atoms with Gasteiger partial charge in [-0.1, -0.05) is 0 Å². The molecule has 2 saturated heterocycles. The number of carbonyl (C=O) groups excluding carboxylic acids is 2. The van der Waals surface area contributed by atoms with Gasteiger partial charge in [0.2, 0.25) is 11.8 Å². The Labute approximate surface area is 121 Å². The average molecular weight is 281 g/mol. The van der Waals surface area contributed by atoms with Crippen LogP contribution in [0.1, 0.15) is 32.6 Å². The molecule has 2 fully saturated rings. The number of amides is 2. The molecule has 0 aromatic rings. The van der Waals surface area contributed by atoms with E-state index < -0.39 is 0 Å². The molecule has 0 unspecified atom stereocenters. The SMILES string of the molecule is CC(=O)N1CCC(C(=O)N(C)CCN2CCCC2)CC1. The lowest BCUT2D eigenvalue weighted by Crippen LogP contribution is -2.44. The number of nitrogens with zero attached hydrogens (tertiary/aromatic N) is 3. The fourth-order valence-corrected chi connectivity index (χ4v) is 3.16. The van der Waals surface area contributed by atoms with E-state index in [9.17, 15) is 9.59 Å². The van der Waals surface area contributed by atoms with E-state index in [4.69, 9.17) is 0 Å². The van der Waals surface area contributed by atoms with E-state index in [1.54, 1.807) is 6.92 Å². The number of rotatable bonds is 4. The highest BCUT2D eigenvalue weighted by atomic mass is 16.2. The van der Waals surface area contributed by atoms with E-state index in [0.29, 0.717) is 0 Å². The molecule has 5 nitrogen and oxygen atoms in total.